The van der Waals surface area contributed by atoms with Crippen LogP contribution >= 0.6 is 0 Å². The van der Waals surface area contributed by atoms with E-state index in [9.17, 15) is 9.59 Å². The van der Waals surface area contributed by atoms with Gasteiger partial charge < -0.3 is 9.72 Å². The predicted octanol–water partition coefficient (Wildman–Crippen LogP) is 3.31. The van der Waals surface area contributed by atoms with E-state index >= 15 is 0 Å². The van der Waals surface area contributed by atoms with E-state index in [2.05, 4.69) is 4.98 Å². The zero-order valence-electron chi connectivity index (χ0n) is 12.3. The van der Waals surface area contributed by atoms with Gasteiger partial charge in [-0.15, -0.1) is 0 Å². The third kappa shape index (κ3) is 3.11. The number of esters is 1. The Kier molecular flexibility index (Phi) is 4.38. The molecule has 2 aromatic rings. The maximum Gasteiger partial charge on any atom is 0.339 e. The lowest BCUT2D eigenvalue weighted by atomic mass is 10.1. The number of methoxy groups -OCH3 is 1. The van der Waals surface area contributed by atoms with Crippen molar-refractivity contribution in [3.8, 4) is 0 Å². The average molecular weight is 283 g/mol. The first-order valence-corrected chi connectivity index (χ1v) is 6.59. The quantitative estimate of drug-likeness (QED) is 0.532. The summed E-state index contributed by atoms with van der Waals surface area (Å²) in [4.78, 5) is 26.9. The molecule has 1 heterocycles. The summed E-state index contributed by atoms with van der Waals surface area (Å²) in [7, 11) is 1.32. The van der Waals surface area contributed by atoms with Crippen LogP contribution in [0.1, 0.15) is 37.7 Å². The van der Waals surface area contributed by atoms with Gasteiger partial charge in [-0.05, 0) is 31.1 Å². The molecule has 0 aliphatic heterocycles. The number of ether oxygens (including phenoxy) is 1. The molecular weight excluding hydrogens is 266 g/mol. The second-order valence-corrected chi connectivity index (χ2v) is 4.72. The average Bonchev–Trinajstić information content (AvgIpc) is 2.80. The van der Waals surface area contributed by atoms with Crippen molar-refractivity contribution < 1.29 is 14.3 Å². The number of aryl methyl sites for hydroxylation is 1. The molecule has 0 bridgehead atoms. The Bertz CT molecular complexity index is 696. The van der Waals surface area contributed by atoms with Crippen molar-refractivity contribution in [1.29, 1.82) is 0 Å². The van der Waals surface area contributed by atoms with Crippen LogP contribution in [0.4, 0.5) is 0 Å². The Balaban J connectivity index is 2.29. The minimum atomic E-state index is -0.438. The van der Waals surface area contributed by atoms with E-state index in [-0.39, 0.29) is 5.78 Å². The SMILES string of the molecule is COC(=O)c1c(C)[nH]c(C(=O)C=Cc2ccccc2)c1C. The summed E-state index contributed by atoms with van der Waals surface area (Å²) >= 11 is 0. The molecule has 4 nitrogen and oxygen atoms in total. The summed E-state index contributed by atoms with van der Waals surface area (Å²) in [6.45, 7) is 3.48. The molecule has 0 unspecified atom stereocenters. The largest absolute Gasteiger partial charge is 0.465 e. The van der Waals surface area contributed by atoms with Crippen molar-refractivity contribution in [3.05, 3.63) is 64.5 Å². The van der Waals surface area contributed by atoms with Gasteiger partial charge in [0.2, 0.25) is 5.78 Å². The lowest BCUT2D eigenvalue weighted by molar-refractivity contribution is 0.0599. The fraction of sp³-hybridized carbons (Fsp3) is 0.176. The molecule has 0 radical (unpaired) electrons. The number of aromatic amines is 1. The molecule has 4 heteroatoms. The van der Waals surface area contributed by atoms with Crippen LogP contribution < -0.4 is 0 Å². The maximum absolute atomic E-state index is 12.2. The van der Waals surface area contributed by atoms with Gasteiger partial charge in [-0.2, -0.15) is 0 Å². The van der Waals surface area contributed by atoms with E-state index < -0.39 is 5.97 Å². The molecular formula is C17H17NO3. The first-order valence-electron chi connectivity index (χ1n) is 6.59. The molecule has 0 saturated heterocycles. The van der Waals surface area contributed by atoms with Gasteiger partial charge in [-0.1, -0.05) is 36.4 Å². The number of hydrogen-bond acceptors (Lipinski definition) is 3. The smallest absolute Gasteiger partial charge is 0.339 e. The molecule has 21 heavy (non-hydrogen) atoms. The lowest BCUT2D eigenvalue weighted by Crippen LogP contribution is -2.04. The monoisotopic (exact) mass is 283 g/mol. The number of nitrogens with one attached hydrogen (secondary N) is 1. The van der Waals surface area contributed by atoms with E-state index in [0.717, 1.165) is 5.56 Å². The van der Waals surface area contributed by atoms with Crippen LogP contribution in [-0.2, 0) is 4.74 Å². The molecule has 0 atom stereocenters. The van der Waals surface area contributed by atoms with Gasteiger partial charge in [0.05, 0.1) is 18.4 Å². The van der Waals surface area contributed by atoms with Crippen molar-refractivity contribution in [2.45, 2.75) is 13.8 Å². The fourth-order valence-electron chi connectivity index (χ4n) is 2.22. The number of ketones is 1. The van der Waals surface area contributed by atoms with Gasteiger partial charge in [0.1, 0.15) is 0 Å². The zero-order valence-corrected chi connectivity index (χ0v) is 12.3. The number of allylic oxidation sites excluding steroid dienone is 1. The number of H-pyrrole nitrogens is 1. The summed E-state index contributed by atoms with van der Waals surface area (Å²) in [6, 6.07) is 9.56. The topological polar surface area (TPSA) is 59.2 Å². The van der Waals surface area contributed by atoms with E-state index in [1.165, 1.54) is 13.2 Å². The second-order valence-electron chi connectivity index (χ2n) is 4.72. The van der Waals surface area contributed by atoms with Crippen LogP contribution in [0.15, 0.2) is 36.4 Å². The van der Waals surface area contributed by atoms with Crippen molar-refractivity contribution in [2.75, 3.05) is 7.11 Å². The highest BCUT2D eigenvalue weighted by molar-refractivity contribution is 6.08. The molecule has 108 valence electrons. The number of hydrogen-bond donors (Lipinski definition) is 1. The standard InChI is InChI=1S/C17H17NO3/c1-11-15(17(20)21-3)12(2)18-16(11)14(19)10-9-13-7-5-4-6-8-13/h4-10,18H,1-3H3. The Hall–Kier alpha value is -2.62. The second kappa shape index (κ2) is 6.22. The number of carbonyl (C=O) groups is 2. The highest BCUT2D eigenvalue weighted by Crippen LogP contribution is 2.19. The van der Waals surface area contributed by atoms with E-state index in [1.807, 2.05) is 30.3 Å². The van der Waals surface area contributed by atoms with Crippen LogP contribution in [0.25, 0.3) is 6.08 Å². The predicted molar refractivity (Wildman–Crippen MR) is 81.4 cm³/mol. The van der Waals surface area contributed by atoms with Gasteiger partial charge >= 0.3 is 5.97 Å². The highest BCUT2D eigenvalue weighted by atomic mass is 16.5. The molecule has 1 N–H and O–H groups in total. The third-order valence-corrected chi connectivity index (χ3v) is 3.30. The minimum Gasteiger partial charge on any atom is -0.465 e. The molecule has 0 fully saturated rings. The maximum atomic E-state index is 12.2. The van der Waals surface area contributed by atoms with Crippen LogP contribution in [0, 0.1) is 13.8 Å². The van der Waals surface area contributed by atoms with Crippen molar-refractivity contribution in [3.63, 3.8) is 0 Å². The Morgan fingerprint density at radius 2 is 1.81 bits per heavy atom. The van der Waals surface area contributed by atoms with Crippen LogP contribution in [0.2, 0.25) is 0 Å². The first-order chi connectivity index (χ1) is 10.0. The van der Waals surface area contributed by atoms with Crippen LogP contribution in [0.3, 0.4) is 0 Å². The Morgan fingerprint density at radius 3 is 2.43 bits per heavy atom. The zero-order chi connectivity index (χ0) is 15.4. The molecule has 0 amide bonds. The van der Waals surface area contributed by atoms with Gasteiger partial charge in [0.15, 0.2) is 0 Å². The Labute approximate surface area is 123 Å². The van der Waals surface area contributed by atoms with Crippen molar-refractivity contribution in [2.24, 2.45) is 0 Å². The third-order valence-electron chi connectivity index (χ3n) is 3.30. The summed E-state index contributed by atoms with van der Waals surface area (Å²) < 4.78 is 4.73. The first kappa shape index (κ1) is 14.8. The molecule has 0 spiro atoms. The molecule has 0 aliphatic carbocycles. The van der Waals surface area contributed by atoms with Gasteiger partial charge in [0, 0.05) is 5.69 Å². The number of carbonyl (C=O) groups excluding carboxylic acids is 2. The normalized spacial score (nSPS) is 10.8. The van der Waals surface area contributed by atoms with Gasteiger partial charge in [0.25, 0.3) is 0 Å². The fourth-order valence-corrected chi connectivity index (χ4v) is 2.22. The van der Waals surface area contributed by atoms with Crippen LogP contribution in [-0.4, -0.2) is 23.8 Å². The highest BCUT2D eigenvalue weighted by Gasteiger charge is 2.21. The minimum absolute atomic E-state index is 0.172. The summed E-state index contributed by atoms with van der Waals surface area (Å²) in [5.41, 5.74) is 3.03. The molecule has 2 rings (SSSR count). The lowest BCUT2D eigenvalue weighted by Gasteiger charge is -1.99. The Morgan fingerprint density at radius 1 is 1.14 bits per heavy atom. The van der Waals surface area contributed by atoms with Crippen molar-refractivity contribution >= 4 is 17.8 Å². The summed E-state index contributed by atoms with van der Waals surface area (Å²) in [6.07, 6.45) is 3.24. The molecule has 0 saturated carbocycles. The van der Waals surface area contributed by atoms with E-state index in [4.69, 9.17) is 4.74 Å². The summed E-state index contributed by atoms with van der Waals surface area (Å²) in [5, 5.41) is 0. The van der Waals surface area contributed by atoms with Crippen LogP contribution in [0.5, 0.6) is 0 Å². The molecule has 1 aromatic heterocycles. The molecule has 1 aromatic carbocycles. The van der Waals surface area contributed by atoms with Gasteiger partial charge in [-0.25, -0.2) is 4.79 Å². The number of aromatic nitrogens is 1. The van der Waals surface area contributed by atoms with Gasteiger partial charge in [-0.3, -0.25) is 4.79 Å². The summed E-state index contributed by atoms with van der Waals surface area (Å²) in [5.74, 6) is -0.609. The number of rotatable bonds is 4. The van der Waals surface area contributed by atoms with E-state index in [1.54, 1.807) is 19.9 Å². The number of benzene rings is 1. The molecule has 0 aliphatic rings. The van der Waals surface area contributed by atoms with E-state index in [0.29, 0.717) is 22.5 Å². The van der Waals surface area contributed by atoms with Crippen molar-refractivity contribution in [1.82, 2.24) is 4.98 Å².